The van der Waals surface area contributed by atoms with Crippen LogP contribution >= 0.6 is 34.5 Å². The van der Waals surface area contributed by atoms with E-state index in [0.717, 1.165) is 6.42 Å². The van der Waals surface area contributed by atoms with Gasteiger partial charge in [-0.25, -0.2) is 0 Å². The van der Waals surface area contributed by atoms with Gasteiger partial charge in [0.25, 0.3) is 5.91 Å². The van der Waals surface area contributed by atoms with E-state index in [2.05, 4.69) is 5.32 Å². The third kappa shape index (κ3) is 4.40. The highest BCUT2D eigenvalue weighted by Crippen LogP contribution is 2.32. The van der Waals surface area contributed by atoms with Gasteiger partial charge >= 0.3 is 0 Å². The minimum Gasteiger partial charge on any atom is -0.481 e. The molecule has 0 spiro atoms. The number of nitrogens with one attached hydrogen (secondary N) is 1. The number of benzene rings is 1. The Hall–Kier alpha value is -1.23. The Morgan fingerprint density at radius 3 is 2.60 bits per heavy atom. The van der Waals surface area contributed by atoms with Crippen LogP contribution in [0.3, 0.4) is 0 Å². The van der Waals surface area contributed by atoms with E-state index in [9.17, 15) is 4.79 Å². The third-order valence-electron chi connectivity index (χ3n) is 2.54. The lowest BCUT2D eigenvalue weighted by Gasteiger charge is -2.09. The predicted molar refractivity (Wildman–Crippen MR) is 83.0 cm³/mol. The molecule has 0 saturated heterocycles. The molecule has 1 aromatic heterocycles. The summed E-state index contributed by atoms with van der Waals surface area (Å²) in [5.74, 6) is 0.141. The Kier molecular flexibility index (Phi) is 5.71. The van der Waals surface area contributed by atoms with E-state index in [1.165, 1.54) is 4.88 Å². The second kappa shape index (κ2) is 7.53. The van der Waals surface area contributed by atoms with Crippen molar-refractivity contribution in [1.82, 2.24) is 5.32 Å². The molecule has 1 aromatic carbocycles. The maximum absolute atomic E-state index is 11.6. The molecule has 106 valence electrons. The lowest BCUT2D eigenvalue weighted by molar-refractivity contribution is -0.123. The van der Waals surface area contributed by atoms with Gasteiger partial charge in [-0.05, 0) is 30.0 Å². The van der Waals surface area contributed by atoms with Crippen molar-refractivity contribution in [3.63, 3.8) is 0 Å². The van der Waals surface area contributed by atoms with Crippen LogP contribution in [0.2, 0.25) is 10.0 Å². The normalized spacial score (nSPS) is 10.3. The van der Waals surface area contributed by atoms with Crippen molar-refractivity contribution < 1.29 is 9.53 Å². The van der Waals surface area contributed by atoms with Crippen molar-refractivity contribution in [3.05, 3.63) is 50.6 Å². The number of ether oxygens (including phenoxy) is 1. The van der Waals surface area contributed by atoms with Gasteiger partial charge in [0.05, 0.1) is 10.0 Å². The van der Waals surface area contributed by atoms with E-state index in [-0.39, 0.29) is 12.5 Å². The fourth-order valence-electron chi connectivity index (χ4n) is 1.59. The molecule has 0 atom stereocenters. The van der Waals surface area contributed by atoms with Gasteiger partial charge in [-0.1, -0.05) is 35.3 Å². The third-order valence-corrected chi connectivity index (χ3v) is 4.07. The van der Waals surface area contributed by atoms with E-state index >= 15 is 0 Å². The number of carbonyl (C=O) groups is 1. The zero-order valence-corrected chi connectivity index (χ0v) is 12.9. The monoisotopic (exact) mass is 329 g/mol. The van der Waals surface area contributed by atoms with E-state index in [4.69, 9.17) is 27.9 Å². The maximum Gasteiger partial charge on any atom is 0.257 e. The van der Waals surface area contributed by atoms with Crippen LogP contribution in [0.4, 0.5) is 0 Å². The molecule has 0 saturated carbocycles. The summed E-state index contributed by atoms with van der Waals surface area (Å²) in [6.45, 7) is 0.479. The quantitative estimate of drug-likeness (QED) is 0.875. The molecule has 3 nitrogen and oxygen atoms in total. The van der Waals surface area contributed by atoms with Gasteiger partial charge in [0, 0.05) is 11.4 Å². The van der Waals surface area contributed by atoms with E-state index in [1.54, 1.807) is 29.5 Å². The smallest absolute Gasteiger partial charge is 0.257 e. The topological polar surface area (TPSA) is 38.3 Å². The number of thiophene rings is 1. The zero-order chi connectivity index (χ0) is 14.4. The first-order valence-electron chi connectivity index (χ1n) is 6.02. The Bertz CT molecular complexity index is 552. The number of rotatable bonds is 6. The molecule has 0 aliphatic heterocycles. The molecule has 0 bridgehead atoms. The van der Waals surface area contributed by atoms with Gasteiger partial charge in [0.2, 0.25) is 0 Å². The molecule has 2 rings (SSSR count). The van der Waals surface area contributed by atoms with Crippen molar-refractivity contribution in [2.75, 3.05) is 13.2 Å². The first-order valence-corrected chi connectivity index (χ1v) is 7.66. The van der Waals surface area contributed by atoms with Crippen LogP contribution in [0.15, 0.2) is 35.7 Å². The number of hydrogen-bond donors (Lipinski definition) is 1. The van der Waals surface area contributed by atoms with Crippen LogP contribution in [0.1, 0.15) is 4.88 Å². The molecule has 1 amide bonds. The molecule has 0 aliphatic rings. The molecule has 0 radical (unpaired) electrons. The minimum atomic E-state index is -0.197. The molecule has 2 aromatic rings. The van der Waals surface area contributed by atoms with E-state index in [1.807, 2.05) is 17.5 Å². The highest BCUT2D eigenvalue weighted by atomic mass is 35.5. The van der Waals surface area contributed by atoms with Gasteiger partial charge in [0.15, 0.2) is 12.4 Å². The highest BCUT2D eigenvalue weighted by Gasteiger charge is 2.09. The molecule has 0 fully saturated rings. The molecule has 1 N–H and O–H groups in total. The lowest BCUT2D eigenvalue weighted by atomic mass is 10.3. The fraction of sp³-hybridized carbons (Fsp3) is 0.214. The fourth-order valence-corrected chi connectivity index (χ4v) is 2.80. The number of carbonyl (C=O) groups excluding carboxylic acids is 1. The van der Waals surface area contributed by atoms with Crippen molar-refractivity contribution in [2.45, 2.75) is 6.42 Å². The lowest BCUT2D eigenvalue weighted by Crippen LogP contribution is -2.30. The van der Waals surface area contributed by atoms with E-state index < -0.39 is 0 Å². The standard InChI is InChI=1S/C14H13Cl2NO2S/c15-11-4-1-5-12(16)14(11)19-9-13(18)17-7-6-10-3-2-8-20-10/h1-5,8H,6-7,9H2,(H,17,18). The highest BCUT2D eigenvalue weighted by molar-refractivity contribution is 7.09. The van der Waals surface area contributed by atoms with Gasteiger partial charge in [-0.3, -0.25) is 4.79 Å². The second-order valence-electron chi connectivity index (χ2n) is 4.02. The van der Waals surface area contributed by atoms with E-state index in [0.29, 0.717) is 22.3 Å². The Labute approximate surface area is 131 Å². The summed E-state index contributed by atoms with van der Waals surface area (Å²) in [5, 5.41) is 5.59. The van der Waals surface area contributed by atoms with Gasteiger partial charge < -0.3 is 10.1 Å². The van der Waals surface area contributed by atoms with Crippen LogP contribution < -0.4 is 10.1 Å². The van der Waals surface area contributed by atoms with Crippen LogP contribution in [0.25, 0.3) is 0 Å². The van der Waals surface area contributed by atoms with Crippen molar-refractivity contribution >= 4 is 40.4 Å². The molecular weight excluding hydrogens is 317 g/mol. The molecule has 6 heteroatoms. The van der Waals surface area contributed by atoms with Gasteiger partial charge in [-0.15, -0.1) is 11.3 Å². The molecule has 0 aliphatic carbocycles. The number of halogens is 2. The largest absolute Gasteiger partial charge is 0.481 e. The second-order valence-corrected chi connectivity index (χ2v) is 5.87. The molecule has 20 heavy (non-hydrogen) atoms. The first-order chi connectivity index (χ1) is 9.66. The summed E-state index contributed by atoms with van der Waals surface area (Å²) in [4.78, 5) is 12.9. The average molecular weight is 330 g/mol. The summed E-state index contributed by atoms with van der Waals surface area (Å²) in [5.41, 5.74) is 0. The Morgan fingerprint density at radius 1 is 1.20 bits per heavy atom. The summed E-state index contributed by atoms with van der Waals surface area (Å²) < 4.78 is 5.34. The van der Waals surface area contributed by atoms with Crippen LogP contribution in [-0.4, -0.2) is 19.1 Å². The van der Waals surface area contributed by atoms with Gasteiger partial charge in [0.1, 0.15) is 0 Å². The van der Waals surface area contributed by atoms with Crippen LogP contribution in [0, 0.1) is 0 Å². The van der Waals surface area contributed by atoms with Crippen LogP contribution in [0.5, 0.6) is 5.75 Å². The van der Waals surface area contributed by atoms with Crippen molar-refractivity contribution in [3.8, 4) is 5.75 Å². The number of amides is 1. The molecular formula is C14H13Cl2NO2S. The minimum absolute atomic E-state index is 0.103. The van der Waals surface area contributed by atoms with Gasteiger partial charge in [-0.2, -0.15) is 0 Å². The summed E-state index contributed by atoms with van der Waals surface area (Å²) in [7, 11) is 0. The Morgan fingerprint density at radius 2 is 1.95 bits per heavy atom. The maximum atomic E-state index is 11.6. The zero-order valence-electron chi connectivity index (χ0n) is 10.6. The Balaban J connectivity index is 1.75. The summed E-state index contributed by atoms with van der Waals surface area (Å²) in [6.07, 6.45) is 0.816. The van der Waals surface area contributed by atoms with Crippen molar-refractivity contribution in [1.29, 1.82) is 0 Å². The number of para-hydroxylation sites is 1. The summed E-state index contributed by atoms with van der Waals surface area (Å²) >= 11 is 13.6. The average Bonchev–Trinajstić information content (AvgIpc) is 2.91. The number of hydrogen-bond acceptors (Lipinski definition) is 3. The van der Waals surface area contributed by atoms with Crippen LogP contribution in [-0.2, 0) is 11.2 Å². The molecule has 0 unspecified atom stereocenters. The first kappa shape index (κ1) is 15.2. The SMILES string of the molecule is O=C(COc1c(Cl)cccc1Cl)NCCc1cccs1. The van der Waals surface area contributed by atoms with Crippen molar-refractivity contribution in [2.24, 2.45) is 0 Å². The molecule has 1 heterocycles. The summed E-state index contributed by atoms with van der Waals surface area (Å²) in [6, 6.07) is 9.08. The predicted octanol–water partition coefficient (Wildman–Crippen LogP) is 3.79.